The van der Waals surface area contributed by atoms with Gasteiger partial charge in [0.25, 0.3) is 5.91 Å². The van der Waals surface area contributed by atoms with Crippen LogP contribution in [0.25, 0.3) is 5.13 Å². The maximum absolute atomic E-state index is 12.6. The van der Waals surface area contributed by atoms with Crippen molar-refractivity contribution >= 4 is 23.2 Å². The zero-order chi connectivity index (χ0) is 17.9. The second-order valence-electron chi connectivity index (χ2n) is 5.91. The number of carboxylic acids is 1. The summed E-state index contributed by atoms with van der Waals surface area (Å²) in [7, 11) is 0. The van der Waals surface area contributed by atoms with Gasteiger partial charge in [0, 0.05) is 29.5 Å². The SMILES string of the molecule is CCC(CC)(CNC(=O)c1cc(C)n(-c2nccs2)c1C)C(=O)O. The summed E-state index contributed by atoms with van der Waals surface area (Å²) in [6.07, 6.45) is 2.66. The molecule has 2 heterocycles. The van der Waals surface area contributed by atoms with Gasteiger partial charge in [0.15, 0.2) is 5.13 Å². The quantitative estimate of drug-likeness (QED) is 0.804. The van der Waals surface area contributed by atoms with E-state index in [1.807, 2.05) is 43.7 Å². The lowest BCUT2D eigenvalue weighted by molar-refractivity contribution is -0.149. The molecule has 0 aliphatic heterocycles. The summed E-state index contributed by atoms with van der Waals surface area (Å²) in [6.45, 7) is 7.57. The summed E-state index contributed by atoms with van der Waals surface area (Å²) in [5.41, 5.74) is 1.35. The van der Waals surface area contributed by atoms with E-state index in [0.717, 1.165) is 16.5 Å². The van der Waals surface area contributed by atoms with Gasteiger partial charge in [-0.2, -0.15) is 0 Å². The number of aryl methyl sites for hydroxylation is 1. The number of nitrogens with zero attached hydrogens (tertiary/aromatic N) is 2. The van der Waals surface area contributed by atoms with E-state index >= 15 is 0 Å². The van der Waals surface area contributed by atoms with E-state index in [1.165, 1.54) is 11.3 Å². The van der Waals surface area contributed by atoms with E-state index in [2.05, 4.69) is 10.3 Å². The van der Waals surface area contributed by atoms with Crippen molar-refractivity contribution in [2.45, 2.75) is 40.5 Å². The predicted octanol–water partition coefficient (Wildman–Crippen LogP) is 3.17. The summed E-state index contributed by atoms with van der Waals surface area (Å²) < 4.78 is 1.93. The molecule has 6 nitrogen and oxygen atoms in total. The number of rotatable bonds is 7. The minimum absolute atomic E-state index is 0.120. The van der Waals surface area contributed by atoms with Crippen molar-refractivity contribution < 1.29 is 14.7 Å². The van der Waals surface area contributed by atoms with Gasteiger partial charge >= 0.3 is 5.97 Å². The van der Waals surface area contributed by atoms with Gasteiger partial charge in [-0.25, -0.2) is 4.98 Å². The normalized spacial score (nSPS) is 11.5. The van der Waals surface area contributed by atoms with Gasteiger partial charge in [-0.15, -0.1) is 11.3 Å². The van der Waals surface area contributed by atoms with Crippen LogP contribution in [-0.4, -0.2) is 33.1 Å². The van der Waals surface area contributed by atoms with Gasteiger partial charge in [-0.1, -0.05) is 13.8 Å². The van der Waals surface area contributed by atoms with Crippen LogP contribution < -0.4 is 5.32 Å². The van der Waals surface area contributed by atoms with Crippen LogP contribution in [0.2, 0.25) is 0 Å². The van der Waals surface area contributed by atoms with Crippen LogP contribution in [0.4, 0.5) is 0 Å². The Kier molecular flexibility index (Phi) is 5.43. The first-order valence-electron chi connectivity index (χ1n) is 7.96. The topological polar surface area (TPSA) is 84.2 Å². The summed E-state index contributed by atoms with van der Waals surface area (Å²) in [5.74, 6) is -1.13. The third-order valence-electron chi connectivity index (χ3n) is 4.68. The molecule has 0 aromatic carbocycles. The van der Waals surface area contributed by atoms with Crippen LogP contribution in [0.1, 0.15) is 48.4 Å². The molecule has 2 aromatic heterocycles. The molecule has 0 saturated carbocycles. The van der Waals surface area contributed by atoms with Crippen molar-refractivity contribution in [3.8, 4) is 5.13 Å². The van der Waals surface area contributed by atoms with Crippen molar-refractivity contribution in [3.05, 3.63) is 34.6 Å². The van der Waals surface area contributed by atoms with Gasteiger partial charge in [0.05, 0.1) is 11.0 Å². The predicted molar refractivity (Wildman–Crippen MR) is 93.9 cm³/mol. The zero-order valence-corrected chi connectivity index (χ0v) is 15.2. The first kappa shape index (κ1) is 18.2. The van der Waals surface area contributed by atoms with Crippen LogP contribution in [0.3, 0.4) is 0 Å². The van der Waals surface area contributed by atoms with Gasteiger partial charge in [-0.05, 0) is 32.8 Å². The number of thiazole rings is 1. The zero-order valence-electron chi connectivity index (χ0n) is 14.4. The van der Waals surface area contributed by atoms with Crippen molar-refractivity contribution in [2.75, 3.05) is 6.54 Å². The first-order valence-corrected chi connectivity index (χ1v) is 8.84. The highest BCUT2D eigenvalue weighted by molar-refractivity contribution is 7.12. The fourth-order valence-electron chi connectivity index (χ4n) is 2.84. The highest BCUT2D eigenvalue weighted by atomic mass is 32.1. The van der Waals surface area contributed by atoms with E-state index in [9.17, 15) is 14.7 Å². The van der Waals surface area contributed by atoms with Crippen LogP contribution >= 0.6 is 11.3 Å². The van der Waals surface area contributed by atoms with Crippen molar-refractivity contribution in [1.82, 2.24) is 14.9 Å². The molecule has 7 heteroatoms. The molecule has 0 aliphatic rings. The van der Waals surface area contributed by atoms with E-state index in [-0.39, 0.29) is 12.5 Å². The second kappa shape index (κ2) is 7.17. The molecular weight excluding hydrogens is 326 g/mol. The van der Waals surface area contributed by atoms with E-state index in [4.69, 9.17) is 0 Å². The lowest BCUT2D eigenvalue weighted by Gasteiger charge is -2.26. The molecule has 0 bridgehead atoms. The monoisotopic (exact) mass is 349 g/mol. The van der Waals surface area contributed by atoms with E-state index in [0.29, 0.717) is 18.4 Å². The number of carboxylic acid groups (broad SMARTS) is 1. The lowest BCUT2D eigenvalue weighted by Crippen LogP contribution is -2.42. The van der Waals surface area contributed by atoms with Crippen molar-refractivity contribution in [1.29, 1.82) is 0 Å². The molecule has 0 saturated heterocycles. The number of carbonyl (C=O) groups is 2. The smallest absolute Gasteiger partial charge is 0.311 e. The Bertz CT molecular complexity index is 731. The third kappa shape index (κ3) is 3.21. The molecular formula is C17H23N3O3S. The Hall–Kier alpha value is -2.15. The molecule has 24 heavy (non-hydrogen) atoms. The minimum Gasteiger partial charge on any atom is -0.481 e. The molecule has 130 valence electrons. The summed E-state index contributed by atoms with van der Waals surface area (Å²) in [4.78, 5) is 28.4. The molecule has 0 fully saturated rings. The Labute approximate surface area is 145 Å². The second-order valence-corrected chi connectivity index (χ2v) is 6.78. The number of aliphatic carboxylic acids is 1. The lowest BCUT2D eigenvalue weighted by atomic mass is 9.82. The van der Waals surface area contributed by atoms with Crippen LogP contribution in [0, 0.1) is 19.3 Å². The van der Waals surface area contributed by atoms with Crippen molar-refractivity contribution in [2.24, 2.45) is 5.41 Å². The largest absolute Gasteiger partial charge is 0.481 e. The standard InChI is InChI=1S/C17H23N3O3S/c1-5-17(6-2,15(22)23)10-19-14(21)13-9-11(3)20(12(13)4)16-18-7-8-24-16/h7-9H,5-6,10H2,1-4H3,(H,19,21)(H,22,23). The average Bonchev–Trinajstić information content (AvgIpc) is 3.16. The number of amides is 1. The summed E-state index contributed by atoms with van der Waals surface area (Å²) in [6, 6.07) is 1.81. The number of hydrogen-bond donors (Lipinski definition) is 2. The number of nitrogens with one attached hydrogen (secondary N) is 1. The average molecular weight is 349 g/mol. The molecule has 0 aliphatic carbocycles. The highest BCUT2D eigenvalue weighted by Gasteiger charge is 2.35. The number of hydrogen-bond acceptors (Lipinski definition) is 4. The van der Waals surface area contributed by atoms with Crippen molar-refractivity contribution in [3.63, 3.8) is 0 Å². The van der Waals surface area contributed by atoms with Gasteiger partial charge in [0.1, 0.15) is 0 Å². The Morgan fingerprint density at radius 2 is 2.00 bits per heavy atom. The van der Waals surface area contributed by atoms with Gasteiger partial charge in [-0.3, -0.25) is 14.2 Å². The fourth-order valence-corrected chi connectivity index (χ4v) is 3.59. The molecule has 0 radical (unpaired) electrons. The summed E-state index contributed by atoms with van der Waals surface area (Å²) >= 11 is 1.50. The van der Waals surface area contributed by atoms with Crippen LogP contribution in [-0.2, 0) is 4.79 Å². The molecule has 1 amide bonds. The third-order valence-corrected chi connectivity index (χ3v) is 5.44. The fraction of sp³-hybridized carbons (Fsp3) is 0.471. The number of aromatic nitrogens is 2. The van der Waals surface area contributed by atoms with Crippen LogP contribution in [0.5, 0.6) is 0 Å². The first-order chi connectivity index (χ1) is 11.4. The van der Waals surface area contributed by atoms with Crippen LogP contribution in [0.15, 0.2) is 17.6 Å². The summed E-state index contributed by atoms with van der Waals surface area (Å²) in [5, 5.41) is 15.0. The maximum Gasteiger partial charge on any atom is 0.311 e. The molecule has 2 rings (SSSR count). The van der Waals surface area contributed by atoms with Gasteiger partial charge in [0.2, 0.25) is 0 Å². The Morgan fingerprint density at radius 3 is 2.50 bits per heavy atom. The molecule has 0 unspecified atom stereocenters. The van der Waals surface area contributed by atoms with Gasteiger partial charge < -0.3 is 10.4 Å². The maximum atomic E-state index is 12.6. The molecule has 0 spiro atoms. The number of carbonyl (C=O) groups excluding carboxylic acids is 1. The van der Waals surface area contributed by atoms with E-state index in [1.54, 1.807) is 6.20 Å². The highest BCUT2D eigenvalue weighted by Crippen LogP contribution is 2.26. The Morgan fingerprint density at radius 1 is 1.33 bits per heavy atom. The molecule has 2 N–H and O–H groups in total. The van der Waals surface area contributed by atoms with E-state index < -0.39 is 11.4 Å². The molecule has 0 atom stereocenters. The molecule has 2 aromatic rings. The Balaban J connectivity index is 2.23. The minimum atomic E-state index is -0.920.